The summed E-state index contributed by atoms with van der Waals surface area (Å²) in [4.78, 5) is 13.3. The molecule has 0 aliphatic carbocycles. The van der Waals surface area contributed by atoms with Gasteiger partial charge in [-0.05, 0) is 75.2 Å². The van der Waals surface area contributed by atoms with Gasteiger partial charge in [0, 0.05) is 5.56 Å². The lowest BCUT2D eigenvalue weighted by Crippen LogP contribution is -2.42. The van der Waals surface area contributed by atoms with Crippen LogP contribution in [0.2, 0.25) is 0 Å². The molecule has 0 bridgehead atoms. The first kappa shape index (κ1) is 26.1. The van der Waals surface area contributed by atoms with Crippen LogP contribution < -0.4 is 19.1 Å². The molecule has 1 amide bonds. The summed E-state index contributed by atoms with van der Waals surface area (Å²) in [7, 11) is -0.887. The van der Waals surface area contributed by atoms with Gasteiger partial charge in [-0.25, -0.2) is 8.42 Å². The third-order valence-corrected chi connectivity index (χ3v) is 7.58. The zero-order valence-electron chi connectivity index (χ0n) is 21.0. The molecule has 0 spiro atoms. The van der Waals surface area contributed by atoms with Crippen molar-refractivity contribution in [1.29, 1.82) is 0 Å². The minimum Gasteiger partial charge on any atom is -0.497 e. The molecule has 0 aliphatic rings. The summed E-state index contributed by atoms with van der Waals surface area (Å²) in [5, 5.41) is 2.91. The van der Waals surface area contributed by atoms with Gasteiger partial charge in [-0.2, -0.15) is 0 Å². The van der Waals surface area contributed by atoms with Crippen LogP contribution in [0.4, 0.5) is 5.69 Å². The number of methoxy groups -OCH3 is 2. The van der Waals surface area contributed by atoms with Crippen LogP contribution >= 0.6 is 0 Å². The van der Waals surface area contributed by atoms with E-state index in [4.69, 9.17) is 9.47 Å². The second-order valence-corrected chi connectivity index (χ2v) is 10.4. The molecule has 0 saturated heterocycles. The SMILES string of the molecule is COc1ccc(OC)c([C@H](C)NC(=O)CN(c2cc(C)ccc2C)S(=O)(=O)c2ccc(C)cc2)c1. The van der Waals surface area contributed by atoms with Crippen LogP contribution in [0.1, 0.15) is 35.2 Å². The number of nitrogens with one attached hydrogen (secondary N) is 1. The molecule has 186 valence electrons. The first-order valence-electron chi connectivity index (χ1n) is 11.2. The van der Waals surface area contributed by atoms with E-state index in [-0.39, 0.29) is 11.4 Å². The highest BCUT2D eigenvalue weighted by Gasteiger charge is 2.29. The van der Waals surface area contributed by atoms with Gasteiger partial charge < -0.3 is 14.8 Å². The van der Waals surface area contributed by atoms with Crippen LogP contribution in [-0.4, -0.2) is 35.1 Å². The molecule has 7 nitrogen and oxygen atoms in total. The number of hydrogen-bond acceptors (Lipinski definition) is 5. The molecular formula is C27H32N2O5S. The van der Waals surface area contributed by atoms with E-state index in [0.29, 0.717) is 17.2 Å². The predicted octanol–water partition coefficient (Wildman–Crippen LogP) is 4.70. The standard InChI is InChI=1S/C27H32N2O5S/c1-18-8-12-23(13-9-18)35(31,32)29(25-15-19(2)7-10-20(25)3)17-27(30)28-21(4)24-16-22(33-5)11-14-26(24)34-6/h7-16,21H,17H2,1-6H3,(H,28,30)/t21-/m0/s1. The third-order valence-electron chi connectivity index (χ3n) is 5.81. The highest BCUT2D eigenvalue weighted by atomic mass is 32.2. The quantitative estimate of drug-likeness (QED) is 0.464. The molecule has 1 atom stereocenters. The van der Waals surface area contributed by atoms with Crippen molar-refractivity contribution < 1.29 is 22.7 Å². The van der Waals surface area contributed by atoms with Crippen LogP contribution in [0.25, 0.3) is 0 Å². The fourth-order valence-electron chi connectivity index (χ4n) is 3.80. The molecule has 3 aromatic rings. The van der Waals surface area contributed by atoms with Crippen molar-refractivity contribution in [1.82, 2.24) is 5.32 Å². The number of carbonyl (C=O) groups excluding carboxylic acids is 1. The maximum Gasteiger partial charge on any atom is 0.264 e. The normalized spacial score (nSPS) is 12.1. The van der Waals surface area contributed by atoms with Crippen molar-refractivity contribution in [2.24, 2.45) is 0 Å². The van der Waals surface area contributed by atoms with Gasteiger partial charge in [-0.3, -0.25) is 9.10 Å². The van der Waals surface area contributed by atoms with E-state index < -0.39 is 22.0 Å². The van der Waals surface area contributed by atoms with Gasteiger partial charge in [0.25, 0.3) is 10.0 Å². The third kappa shape index (κ3) is 5.95. The van der Waals surface area contributed by atoms with Crippen molar-refractivity contribution >= 4 is 21.6 Å². The van der Waals surface area contributed by atoms with Crippen LogP contribution in [-0.2, 0) is 14.8 Å². The van der Waals surface area contributed by atoms with E-state index in [1.165, 1.54) is 4.31 Å². The lowest BCUT2D eigenvalue weighted by Gasteiger charge is -2.27. The number of carbonyl (C=O) groups is 1. The average molecular weight is 497 g/mol. The number of rotatable bonds is 9. The van der Waals surface area contributed by atoms with E-state index in [2.05, 4.69) is 5.32 Å². The van der Waals surface area contributed by atoms with Gasteiger partial charge in [0.1, 0.15) is 18.0 Å². The molecule has 35 heavy (non-hydrogen) atoms. The maximum atomic E-state index is 13.7. The fourth-order valence-corrected chi connectivity index (χ4v) is 5.28. The second kappa shape index (κ2) is 10.8. The van der Waals surface area contributed by atoms with E-state index in [1.54, 1.807) is 62.8 Å². The zero-order valence-corrected chi connectivity index (χ0v) is 21.8. The molecule has 0 fully saturated rings. The van der Waals surface area contributed by atoms with Crippen LogP contribution in [0.5, 0.6) is 11.5 Å². The Morgan fingerprint density at radius 1 is 0.914 bits per heavy atom. The minimum absolute atomic E-state index is 0.124. The van der Waals surface area contributed by atoms with Gasteiger partial charge in [0.2, 0.25) is 5.91 Å². The van der Waals surface area contributed by atoms with Crippen molar-refractivity contribution in [3.05, 3.63) is 82.9 Å². The Morgan fingerprint density at radius 3 is 2.20 bits per heavy atom. The van der Waals surface area contributed by atoms with Gasteiger partial charge in [0.05, 0.1) is 30.8 Å². The second-order valence-electron chi connectivity index (χ2n) is 8.51. The van der Waals surface area contributed by atoms with Crippen molar-refractivity contribution in [2.45, 2.75) is 38.6 Å². The number of ether oxygens (including phenoxy) is 2. The summed E-state index contributed by atoms with van der Waals surface area (Å²) in [5.41, 5.74) is 3.78. The van der Waals surface area contributed by atoms with Crippen LogP contribution in [0.3, 0.4) is 0 Å². The number of aryl methyl sites for hydroxylation is 3. The smallest absolute Gasteiger partial charge is 0.264 e. The minimum atomic E-state index is -4.00. The molecule has 8 heteroatoms. The fraction of sp³-hybridized carbons (Fsp3) is 0.296. The van der Waals surface area contributed by atoms with Crippen molar-refractivity contribution in [3.8, 4) is 11.5 Å². The van der Waals surface area contributed by atoms with Crippen LogP contribution in [0.15, 0.2) is 65.6 Å². The Balaban J connectivity index is 1.96. The molecule has 1 N–H and O–H groups in total. The largest absolute Gasteiger partial charge is 0.497 e. The molecule has 0 heterocycles. The van der Waals surface area contributed by atoms with E-state index in [9.17, 15) is 13.2 Å². The molecule has 0 aromatic heterocycles. The highest BCUT2D eigenvalue weighted by Crippen LogP contribution is 2.30. The lowest BCUT2D eigenvalue weighted by atomic mass is 10.1. The number of anilines is 1. The summed E-state index contributed by atoms with van der Waals surface area (Å²) < 4.78 is 39.3. The number of sulfonamides is 1. The van der Waals surface area contributed by atoms with Gasteiger partial charge >= 0.3 is 0 Å². The van der Waals surface area contributed by atoms with E-state index >= 15 is 0 Å². The first-order chi connectivity index (χ1) is 16.6. The van der Waals surface area contributed by atoms with Gasteiger partial charge in [0.15, 0.2) is 0 Å². The monoisotopic (exact) mass is 496 g/mol. The maximum absolute atomic E-state index is 13.7. The molecular weight excluding hydrogens is 464 g/mol. The summed E-state index contributed by atoms with van der Waals surface area (Å²) in [6.45, 7) is 7.04. The molecule has 3 aromatic carbocycles. The Labute approximate surface area is 207 Å². The molecule has 0 aliphatic heterocycles. The number of nitrogens with zero attached hydrogens (tertiary/aromatic N) is 1. The molecule has 3 rings (SSSR count). The Kier molecular flexibility index (Phi) is 8.07. The van der Waals surface area contributed by atoms with E-state index in [1.807, 2.05) is 39.8 Å². The topological polar surface area (TPSA) is 84.9 Å². The number of hydrogen-bond donors (Lipinski definition) is 1. The Morgan fingerprint density at radius 2 is 1.57 bits per heavy atom. The Hall–Kier alpha value is -3.52. The van der Waals surface area contributed by atoms with Crippen molar-refractivity contribution in [3.63, 3.8) is 0 Å². The lowest BCUT2D eigenvalue weighted by molar-refractivity contribution is -0.120. The van der Waals surface area contributed by atoms with Crippen molar-refractivity contribution in [2.75, 3.05) is 25.1 Å². The summed E-state index contributed by atoms with van der Waals surface area (Å²) >= 11 is 0. The zero-order chi connectivity index (χ0) is 25.8. The summed E-state index contributed by atoms with van der Waals surface area (Å²) in [5.74, 6) is 0.775. The molecule has 0 saturated carbocycles. The highest BCUT2D eigenvalue weighted by molar-refractivity contribution is 7.92. The van der Waals surface area contributed by atoms with Crippen LogP contribution in [0, 0.1) is 20.8 Å². The summed E-state index contributed by atoms with van der Waals surface area (Å²) in [6, 6.07) is 17.0. The summed E-state index contributed by atoms with van der Waals surface area (Å²) in [6.07, 6.45) is 0. The van der Waals surface area contributed by atoms with Gasteiger partial charge in [-0.15, -0.1) is 0 Å². The first-order valence-corrected chi connectivity index (χ1v) is 12.7. The van der Waals surface area contributed by atoms with Gasteiger partial charge in [-0.1, -0.05) is 29.8 Å². The number of amides is 1. The average Bonchev–Trinajstić information content (AvgIpc) is 2.83. The number of benzene rings is 3. The molecule has 0 radical (unpaired) electrons. The van der Waals surface area contributed by atoms with E-state index in [0.717, 1.165) is 22.3 Å². The molecule has 0 unspecified atom stereocenters. The Bertz CT molecular complexity index is 1300. The predicted molar refractivity (Wildman–Crippen MR) is 138 cm³/mol.